The molecule has 68 valence electrons. The van der Waals surface area contributed by atoms with Crippen molar-refractivity contribution in [3.8, 4) is 0 Å². The van der Waals surface area contributed by atoms with Crippen molar-refractivity contribution in [2.75, 3.05) is 0 Å². The standard InChI is InChI=1S/C10H10OS2/c1-7-3-5-9(6-4-7)10(12)13-8(2)11/h3-6H,1-2H3. The van der Waals surface area contributed by atoms with Crippen LogP contribution in [0.5, 0.6) is 0 Å². The van der Waals surface area contributed by atoms with Crippen LogP contribution in [0, 0.1) is 6.92 Å². The fraction of sp³-hybridized carbons (Fsp3) is 0.200. The minimum absolute atomic E-state index is 0.0329. The fourth-order valence-corrected chi connectivity index (χ4v) is 1.88. The van der Waals surface area contributed by atoms with Crippen molar-refractivity contribution in [3.05, 3.63) is 35.4 Å². The summed E-state index contributed by atoms with van der Waals surface area (Å²) in [4.78, 5) is 10.8. The molecule has 0 amide bonds. The molecule has 0 aliphatic heterocycles. The first-order chi connectivity index (χ1) is 6.09. The van der Waals surface area contributed by atoms with Crippen LogP contribution in [-0.2, 0) is 4.79 Å². The molecule has 1 aromatic rings. The number of aryl methyl sites for hydroxylation is 1. The average Bonchev–Trinajstić information content (AvgIpc) is 2.04. The third-order valence-corrected chi connectivity index (χ3v) is 2.72. The van der Waals surface area contributed by atoms with Gasteiger partial charge in [-0.1, -0.05) is 42.0 Å². The maximum absolute atomic E-state index is 10.8. The SMILES string of the molecule is CC(=O)SC(=S)c1ccc(C)cc1. The number of hydrogen-bond donors (Lipinski definition) is 0. The Morgan fingerprint density at radius 1 is 1.31 bits per heavy atom. The molecule has 1 nitrogen and oxygen atoms in total. The first-order valence-electron chi connectivity index (χ1n) is 3.89. The lowest BCUT2D eigenvalue weighted by Crippen LogP contribution is -1.95. The second kappa shape index (κ2) is 4.53. The minimum atomic E-state index is 0.0329. The van der Waals surface area contributed by atoms with E-state index in [4.69, 9.17) is 12.2 Å². The summed E-state index contributed by atoms with van der Waals surface area (Å²) in [5, 5.41) is 0.0329. The molecule has 0 fully saturated rings. The predicted octanol–water partition coefficient (Wildman–Crippen LogP) is 2.95. The van der Waals surface area contributed by atoms with Gasteiger partial charge in [0.05, 0.1) is 4.20 Å². The molecule has 1 aromatic carbocycles. The van der Waals surface area contributed by atoms with Crippen LogP contribution in [0.4, 0.5) is 0 Å². The van der Waals surface area contributed by atoms with Crippen LogP contribution in [0.3, 0.4) is 0 Å². The van der Waals surface area contributed by atoms with E-state index in [2.05, 4.69) is 0 Å². The van der Waals surface area contributed by atoms with Gasteiger partial charge in [0.25, 0.3) is 0 Å². The van der Waals surface area contributed by atoms with Crippen LogP contribution in [0.15, 0.2) is 24.3 Å². The van der Waals surface area contributed by atoms with Crippen molar-refractivity contribution in [2.45, 2.75) is 13.8 Å². The molecular weight excluding hydrogens is 200 g/mol. The largest absolute Gasteiger partial charge is 0.287 e. The third-order valence-electron chi connectivity index (χ3n) is 1.52. The van der Waals surface area contributed by atoms with Gasteiger partial charge in [-0.3, -0.25) is 4.79 Å². The van der Waals surface area contributed by atoms with Crippen molar-refractivity contribution < 1.29 is 4.79 Å². The Kier molecular flexibility index (Phi) is 3.63. The number of rotatable bonds is 1. The summed E-state index contributed by atoms with van der Waals surface area (Å²) in [6, 6.07) is 7.85. The number of hydrogen-bond acceptors (Lipinski definition) is 3. The fourth-order valence-electron chi connectivity index (χ4n) is 0.879. The van der Waals surface area contributed by atoms with Gasteiger partial charge in [0.1, 0.15) is 0 Å². The zero-order chi connectivity index (χ0) is 9.84. The van der Waals surface area contributed by atoms with Gasteiger partial charge in [0, 0.05) is 6.92 Å². The van der Waals surface area contributed by atoms with Crippen molar-refractivity contribution in [1.82, 2.24) is 0 Å². The van der Waals surface area contributed by atoms with Gasteiger partial charge >= 0.3 is 0 Å². The Labute approximate surface area is 87.5 Å². The maximum atomic E-state index is 10.8. The molecule has 1 rings (SSSR count). The van der Waals surface area contributed by atoms with Crippen LogP contribution in [0.1, 0.15) is 18.1 Å². The van der Waals surface area contributed by atoms with Gasteiger partial charge < -0.3 is 0 Å². The Morgan fingerprint density at radius 3 is 2.31 bits per heavy atom. The average molecular weight is 210 g/mol. The Morgan fingerprint density at radius 2 is 1.85 bits per heavy atom. The minimum Gasteiger partial charge on any atom is -0.287 e. The van der Waals surface area contributed by atoms with Crippen LogP contribution in [0.25, 0.3) is 0 Å². The van der Waals surface area contributed by atoms with Crippen molar-refractivity contribution in [3.63, 3.8) is 0 Å². The Balaban J connectivity index is 2.78. The normalized spacial score (nSPS) is 9.69. The van der Waals surface area contributed by atoms with Gasteiger partial charge in [0.15, 0.2) is 5.12 Å². The Bertz CT molecular complexity index is 327. The zero-order valence-electron chi connectivity index (χ0n) is 7.53. The van der Waals surface area contributed by atoms with E-state index < -0.39 is 0 Å². The molecule has 0 aliphatic rings. The first-order valence-corrected chi connectivity index (χ1v) is 5.11. The van der Waals surface area contributed by atoms with Gasteiger partial charge in [-0.25, -0.2) is 0 Å². The molecule has 0 saturated heterocycles. The van der Waals surface area contributed by atoms with Gasteiger partial charge in [-0.2, -0.15) is 0 Å². The molecule has 0 N–H and O–H groups in total. The summed E-state index contributed by atoms with van der Waals surface area (Å²) in [5.74, 6) is 0. The number of benzene rings is 1. The number of thioether (sulfide) groups is 1. The zero-order valence-corrected chi connectivity index (χ0v) is 9.17. The van der Waals surface area contributed by atoms with E-state index in [-0.39, 0.29) is 5.12 Å². The second-order valence-electron chi connectivity index (χ2n) is 2.75. The highest BCUT2D eigenvalue weighted by Crippen LogP contribution is 2.15. The lowest BCUT2D eigenvalue weighted by Gasteiger charge is -2.00. The van der Waals surface area contributed by atoms with Crippen LogP contribution < -0.4 is 0 Å². The molecule has 13 heavy (non-hydrogen) atoms. The summed E-state index contributed by atoms with van der Waals surface area (Å²) in [6.07, 6.45) is 0. The summed E-state index contributed by atoms with van der Waals surface area (Å²) in [6.45, 7) is 3.54. The summed E-state index contributed by atoms with van der Waals surface area (Å²) in [5.41, 5.74) is 2.14. The van der Waals surface area contributed by atoms with E-state index in [9.17, 15) is 4.79 Å². The van der Waals surface area contributed by atoms with E-state index in [1.165, 1.54) is 12.5 Å². The molecule has 0 aliphatic carbocycles. The quantitative estimate of drug-likeness (QED) is 0.663. The molecule has 0 atom stereocenters. The van der Waals surface area contributed by atoms with E-state index >= 15 is 0 Å². The lowest BCUT2D eigenvalue weighted by molar-refractivity contribution is -0.109. The molecule has 0 spiro atoms. The van der Waals surface area contributed by atoms with Crippen molar-refractivity contribution in [2.24, 2.45) is 0 Å². The maximum Gasteiger partial charge on any atom is 0.191 e. The van der Waals surface area contributed by atoms with Crippen molar-refractivity contribution in [1.29, 1.82) is 0 Å². The molecule has 3 heteroatoms. The second-order valence-corrected chi connectivity index (χ2v) is 4.60. The summed E-state index contributed by atoms with van der Waals surface area (Å²) in [7, 11) is 0. The van der Waals surface area contributed by atoms with E-state index in [0.29, 0.717) is 4.20 Å². The van der Waals surface area contributed by atoms with Gasteiger partial charge in [-0.05, 0) is 24.2 Å². The van der Waals surface area contributed by atoms with Gasteiger partial charge in [0.2, 0.25) is 0 Å². The highest BCUT2D eigenvalue weighted by atomic mass is 32.2. The summed E-state index contributed by atoms with van der Waals surface area (Å²) < 4.78 is 0.646. The Hall–Kier alpha value is -0.670. The number of carbonyl (C=O) groups excluding carboxylic acids is 1. The van der Waals surface area contributed by atoms with Crippen molar-refractivity contribution >= 4 is 33.3 Å². The van der Waals surface area contributed by atoms with E-state index in [1.807, 2.05) is 31.2 Å². The smallest absolute Gasteiger partial charge is 0.191 e. The summed E-state index contributed by atoms with van der Waals surface area (Å²) >= 11 is 6.19. The highest BCUT2D eigenvalue weighted by molar-refractivity contribution is 8.33. The molecule has 0 unspecified atom stereocenters. The molecular formula is C10H10OS2. The molecule has 0 bridgehead atoms. The van der Waals surface area contributed by atoms with Gasteiger partial charge in [-0.15, -0.1) is 0 Å². The number of carbonyl (C=O) groups is 1. The predicted molar refractivity (Wildman–Crippen MR) is 61.2 cm³/mol. The number of thiocarbonyl (C=S) groups is 1. The van der Waals surface area contributed by atoms with Crippen LogP contribution >= 0.6 is 24.0 Å². The first kappa shape index (κ1) is 10.4. The van der Waals surface area contributed by atoms with Crippen LogP contribution in [0.2, 0.25) is 0 Å². The molecule has 0 radical (unpaired) electrons. The van der Waals surface area contributed by atoms with Crippen LogP contribution in [-0.4, -0.2) is 9.31 Å². The van der Waals surface area contributed by atoms with E-state index in [0.717, 1.165) is 17.3 Å². The topological polar surface area (TPSA) is 17.1 Å². The molecule has 0 heterocycles. The third kappa shape index (κ3) is 3.28. The van der Waals surface area contributed by atoms with E-state index in [1.54, 1.807) is 0 Å². The monoisotopic (exact) mass is 210 g/mol. The molecule has 0 saturated carbocycles. The molecule has 0 aromatic heterocycles. The highest BCUT2D eigenvalue weighted by Gasteiger charge is 2.03. The lowest BCUT2D eigenvalue weighted by atomic mass is 10.2.